The number of fused-ring (bicyclic) bond motifs is 1. The van der Waals surface area contributed by atoms with Crippen molar-refractivity contribution in [2.45, 2.75) is 45.8 Å². The molecule has 1 amide bonds. The van der Waals surface area contributed by atoms with Crippen molar-refractivity contribution < 1.29 is 9.53 Å². The summed E-state index contributed by atoms with van der Waals surface area (Å²) in [6.07, 6.45) is 2.23. The smallest absolute Gasteiger partial charge is 0.250 e. The molecule has 2 aromatic carbocycles. The third-order valence-electron chi connectivity index (χ3n) is 7.06. The Bertz CT molecular complexity index is 1180. The minimum absolute atomic E-state index is 0.0703. The highest BCUT2D eigenvalue weighted by Crippen LogP contribution is 2.46. The van der Waals surface area contributed by atoms with Gasteiger partial charge in [-0.05, 0) is 50.8 Å². The molecule has 4 nitrogen and oxygen atoms in total. The predicted octanol–water partition coefficient (Wildman–Crippen LogP) is 5.55. The molecule has 2 atom stereocenters. The van der Waals surface area contributed by atoms with E-state index in [1.54, 1.807) is 0 Å². The topological polar surface area (TPSA) is 34.5 Å². The second-order valence-corrected chi connectivity index (χ2v) is 9.01. The third kappa shape index (κ3) is 3.21. The molecule has 2 unspecified atom stereocenters. The van der Waals surface area contributed by atoms with Crippen molar-refractivity contribution in [2.75, 3.05) is 13.2 Å². The van der Waals surface area contributed by atoms with Gasteiger partial charge in [-0.25, -0.2) is 0 Å². The lowest BCUT2D eigenvalue weighted by molar-refractivity contribution is -0.128. The van der Waals surface area contributed by atoms with Gasteiger partial charge < -0.3 is 14.2 Å². The number of hydrogen-bond acceptors (Lipinski definition) is 2. The molecule has 1 fully saturated rings. The van der Waals surface area contributed by atoms with E-state index in [1.807, 2.05) is 6.92 Å². The Morgan fingerprint density at radius 2 is 1.77 bits per heavy atom. The van der Waals surface area contributed by atoms with Crippen LogP contribution >= 0.6 is 0 Å². The first-order valence-electron chi connectivity index (χ1n) is 11.2. The number of aromatic nitrogens is 1. The average molecular weight is 415 g/mol. The highest BCUT2D eigenvalue weighted by atomic mass is 16.5. The summed E-state index contributed by atoms with van der Waals surface area (Å²) in [7, 11) is 2.13. The van der Waals surface area contributed by atoms with Crippen molar-refractivity contribution in [3.05, 3.63) is 70.8 Å². The Morgan fingerprint density at radius 1 is 1.03 bits per heavy atom. The van der Waals surface area contributed by atoms with E-state index in [1.165, 1.54) is 33.3 Å². The number of carbonyl (C=O) groups excluding carboxylic acids is 1. The molecule has 2 aliphatic rings. The van der Waals surface area contributed by atoms with E-state index in [0.29, 0.717) is 6.54 Å². The van der Waals surface area contributed by atoms with Gasteiger partial charge in [0.1, 0.15) is 0 Å². The fraction of sp³-hybridized carbons (Fsp3) is 0.370. The minimum Gasteiger partial charge on any atom is -0.376 e. The summed E-state index contributed by atoms with van der Waals surface area (Å²) in [5.41, 5.74) is 8.04. The van der Waals surface area contributed by atoms with E-state index in [4.69, 9.17) is 4.74 Å². The molecule has 5 rings (SSSR count). The molecule has 1 saturated heterocycles. The molecule has 4 heteroatoms. The van der Waals surface area contributed by atoms with E-state index in [0.717, 1.165) is 30.6 Å². The van der Waals surface area contributed by atoms with Crippen LogP contribution in [0, 0.1) is 6.92 Å². The van der Waals surface area contributed by atoms with Crippen LogP contribution in [0.4, 0.5) is 0 Å². The summed E-state index contributed by atoms with van der Waals surface area (Å²) in [5, 5.41) is 1.21. The molecule has 2 aliphatic heterocycles. The largest absolute Gasteiger partial charge is 0.376 e. The number of rotatable bonds is 4. The van der Waals surface area contributed by atoms with Crippen molar-refractivity contribution >= 4 is 16.8 Å². The Labute approximate surface area is 184 Å². The zero-order chi connectivity index (χ0) is 21.7. The Morgan fingerprint density at radius 3 is 2.48 bits per heavy atom. The molecular formula is C27H30N2O2. The zero-order valence-electron chi connectivity index (χ0n) is 18.8. The van der Waals surface area contributed by atoms with Crippen molar-refractivity contribution in [1.29, 1.82) is 0 Å². The molecule has 0 radical (unpaired) electrons. The maximum absolute atomic E-state index is 13.3. The number of carbonyl (C=O) groups is 1. The van der Waals surface area contributed by atoms with Gasteiger partial charge in [0.05, 0.1) is 17.8 Å². The summed E-state index contributed by atoms with van der Waals surface area (Å²) < 4.78 is 8.20. The van der Waals surface area contributed by atoms with Crippen LogP contribution in [0.3, 0.4) is 0 Å². The van der Waals surface area contributed by atoms with E-state index < -0.39 is 0 Å². The van der Waals surface area contributed by atoms with Gasteiger partial charge in [-0.1, -0.05) is 48.0 Å². The second kappa shape index (κ2) is 7.69. The van der Waals surface area contributed by atoms with Crippen molar-refractivity contribution in [2.24, 2.45) is 7.05 Å². The Balaban J connectivity index is 1.73. The first kappa shape index (κ1) is 20.1. The van der Waals surface area contributed by atoms with Crippen LogP contribution in [0.15, 0.2) is 59.7 Å². The molecule has 0 saturated carbocycles. The van der Waals surface area contributed by atoms with Crippen molar-refractivity contribution in [1.82, 2.24) is 9.47 Å². The average Bonchev–Trinajstić information content (AvgIpc) is 3.44. The molecule has 0 spiro atoms. The molecule has 0 aliphatic carbocycles. The molecule has 1 aromatic heterocycles. The minimum atomic E-state index is -0.0703. The van der Waals surface area contributed by atoms with E-state index in [9.17, 15) is 4.79 Å². The second-order valence-electron chi connectivity index (χ2n) is 9.01. The van der Waals surface area contributed by atoms with Gasteiger partial charge in [-0.3, -0.25) is 4.79 Å². The molecule has 31 heavy (non-hydrogen) atoms. The van der Waals surface area contributed by atoms with Crippen molar-refractivity contribution in [3.8, 4) is 11.3 Å². The number of para-hydroxylation sites is 1. The van der Waals surface area contributed by atoms with Crippen LogP contribution < -0.4 is 0 Å². The number of ether oxygens (including phenoxy) is 1. The molecule has 3 aromatic rings. The van der Waals surface area contributed by atoms with Crippen LogP contribution in [0.2, 0.25) is 0 Å². The van der Waals surface area contributed by atoms with Gasteiger partial charge in [-0.2, -0.15) is 0 Å². The van der Waals surface area contributed by atoms with E-state index >= 15 is 0 Å². The number of benzene rings is 2. The van der Waals surface area contributed by atoms with Gasteiger partial charge in [0.25, 0.3) is 0 Å². The number of aryl methyl sites for hydroxylation is 2. The van der Waals surface area contributed by atoms with Crippen LogP contribution in [-0.2, 0) is 16.6 Å². The normalized spacial score (nSPS) is 21.7. The molecule has 3 heterocycles. The number of amides is 1. The lowest BCUT2D eigenvalue weighted by Gasteiger charge is -2.30. The maximum atomic E-state index is 13.3. The fourth-order valence-electron chi connectivity index (χ4n) is 5.27. The number of hydrogen-bond donors (Lipinski definition) is 0. The zero-order valence-corrected chi connectivity index (χ0v) is 18.8. The van der Waals surface area contributed by atoms with Gasteiger partial charge in [0.15, 0.2) is 0 Å². The highest BCUT2D eigenvalue weighted by molar-refractivity contribution is 6.00. The fourth-order valence-corrected chi connectivity index (χ4v) is 5.27. The summed E-state index contributed by atoms with van der Waals surface area (Å²) in [6, 6.07) is 17.2. The first-order chi connectivity index (χ1) is 15.0. The van der Waals surface area contributed by atoms with Crippen LogP contribution in [0.1, 0.15) is 43.9 Å². The monoisotopic (exact) mass is 414 g/mol. The van der Waals surface area contributed by atoms with Crippen molar-refractivity contribution in [3.63, 3.8) is 0 Å². The molecular weight excluding hydrogens is 384 g/mol. The molecule has 160 valence electrons. The van der Waals surface area contributed by atoms with Gasteiger partial charge in [0.2, 0.25) is 5.91 Å². The van der Waals surface area contributed by atoms with Gasteiger partial charge >= 0.3 is 0 Å². The van der Waals surface area contributed by atoms with E-state index in [2.05, 4.69) is 78.9 Å². The first-order valence-corrected chi connectivity index (χ1v) is 11.2. The lowest BCUT2D eigenvalue weighted by atomic mass is 9.93. The molecule has 0 bridgehead atoms. The Kier molecular flexibility index (Phi) is 4.98. The standard InChI is InChI=1S/C27H30N2O2/c1-17-11-13-20(14-12-17)26-24(22-9-5-6-10-23(22)28(26)4)25-18(2)19(3)27(30)29(25)16-21-8-7-15-31-21/h5-6,9-14,21,25H,7-8,15-16H2,1-4H3. The van der Waals surface area contributed by atoms with Crippen LogP contribution in [-0.4, -0.2) is 34.6 Å². The highest BCUT2D eigenvalue weighted by Gasteiger charge is 2.40. The lowest BCUT2D eigenvalue weighted by Crippen LogP contribution is -2.36. The summed E-state index contributed by atoms with van der Waals surface area (Å²) in [5.74, 6) is 0.140. The molecule has 0 N–H and O–H groups in total. The van der Waals surface area contributed by atoms with Crippen LogP contribution in [0.5, 0.6) is 0 Å². The third-order valence-corrected chi connectivity index (χ3v) is 7.06. The predicted molar refractivity (Wildman–Crippen MR) is 125 cm³/mol. The van der Waals surface area contributed by atoms with Crippen LogP contribution in [0.25, 0.3) is 22.2 Å². The summed E-state index contributed by atoms with van der Waals surface area (Å²) in [6.45, 7) is 7.65. The summed E-state index contributed by atoms with van der Waals surface area (Å²) >= 11 is 0. The Hall–Kier alpha value is -2.85. The van der Waals surface area contributed by atoms with E-state index in [-0.39, 0.29) is 18.1 Å². The van der Waals surface area contributed by atoms with Gasteiger partial charge in [-0.15, -0.1) is 0 Å². The SMILES string of the molecule is CC1=C(C)C(c2c(-c3ccc(C)cc3)n(C)c3ccccc23)N(CC2CCCO2)C1=O. The number of nitrogens with zero attached hydrogens (tertiary/aromatic N) is 2. The maximum Gasteiger partial charge on any atom is 0.250 e. The summed E-state index contributed by atoms with van der Waals surface area (Å²) in [4.78, 5) is 15.4. The quantitative estimate of drug-likeness (QED) is 0.561. The van der Waals surface area contributed by atoms with Gasteiger partial charge in [0, 0.05) is 42.2 Å².